The van der Waals surface area contributed by atoms with Crippen LogP contribution in [0.2, 0.25) is 0 Å². The highest BCUT2D eigenvalue weighted by Crippen LogP contribution is 2.47. The smallest absolute Gasteiger partial charge is 0.247 e. The molecule has 200 valence electrons. The molecule has 0 radical (unpaired) electrons. The molecule has 39 heavy (non-hydrogen) atoms. The van der Waals surface area contributed by atoms with Gasteiger partial charge in [-0.05, 0) is 59.9 Å². The van der Waals surface area contributed by atoms with E-state index in [0.29, 0.717) is 25.2 Å². The summed E-state index contributed by atoms with van der Waals surface area (Å²) in [6.07, 6.45) is 4.43. The minimum atomic E-state index is -1.02. The third-order valence-corrected chi connectivity index (χ3v) is 8.32. The molecule has 0 aliphatic carbocycles. The molecule has 2 aromatic heterocycles. The Bertz CT molecular complexity index is 1530. The van der Waals surface area contributed by atoms with Crippen LogP contribution in [-0.4, -0.2) is 50.1 Å². The van der Waals surface area contributed by atoms with Gasteiger partial charge in [0, 0.05) is 48.6 Å². The SMILES string of the molecule is CC1(C)CN(Cc2ccc(-c3nnco3)cc2)CCC1(O)c1ccc2ncc(C3CCC(=O)NC3=O)cc2c1. The van der Waals surface area contributed by atoms with E-state index in [1.54, 1.807) is 6.20 Å². The lowest BCUT2D eigenvalue weighted by Gasteiger charge is -2.50. The summed E-state index contributed by atoms with van der Waals surface area (Å²) in [4.78, 5) is 30.9. The number of rotatable bonds is 5. The number of benzene rings is 2. The zero-order valence-electron chi connectivity index (χ0n) is 22.1. The van der Waals surface area contributed by atoms with Crippen molar-refractivity contribution in [2.24, 2.45) is 5.41 Å². The van der Waals surface area contributed by atoms with E-state index in [1.165, 1.54) is 12.0 Å². The highest BCUT2D eigenvalue weighted by molar-refractivity contribution is 6.01. The Morgan fingerprint density at radius 2 is 1.95 bits per heavy atom. The van der Waals surface area contributed by atoms with E-state index < -0.39 is 16.9 Å². The van der Waals surface area contributed by atoms with Crippen molar-refractivity contribution in [3.8, 4) is 11.5 Å². The summed E-state index contributed by atoms with van der Waals surface area (Å²) in [6.45, 7) is 6.47. The summed E-state index contributed by atoms with van der Waals surface area (Å²) in [5.74, 6) is -0.406. The number of piperidine rings is 2. The number of aromatic nitrogens is 3. The molecule has 6 rings (SSSR count). The van der Waals surface area contributed by atoms with Crippen molar-refractivity contribution in [2.45, 2.75) is 51.2 Å². The molecule has 2 saturated heterocycles. The van der Waals surface area contributed by atoms with E-state index in [2.05, 4.69) is 51.4 Å². The van der Waals surface area contributed by atoms with Crippen LogP contribution in [0.3, 0.4) is 0 Å². The van der Waals surface area contributed by atoms with E-state index in [0.717, 1.165) is 47.2 Å². The summed E-state index contributed by atoms with van der Waals surface area (Å²) in [5, 5.41) is 23.1. The molecule has 2 unspecified atom stereocenters. The fraction of sp³-hybridized carbons (Fsp3) is 0.367. The Hall–Kier alpha value is -3.95. The molecule has 4 heterocycles. The number of carbonyl (C=O) groups excluding carboxylic acids is 2. The Morgan fingerprint density at radius 1 is 1.13 bits per heavy atom. The predicted octanol–water partition coefficient (Wildman–Crippen LogP) is 3.92. The van der Waals surface area contributed by atoms with Crippen LogP contribution in [0.5, 0.6) is 0 Å². The Morgan fingerprint density at radius 3 is 2.67 bits per heavy atom. The number of imide groups is 1. The van der Waals surface area contributed by atoms with E-state index in [-0.39, 0.29) is 11.8 Å². The Labute approximate surface area is 226 Å². The van der Waals surface area contributed by atoms with Gasteiger partial charge in [0.15, 0.2) is 0 Å². The van der Waals surface area contributed by atoms with E-state index in [4.69, 9.17) is 4.42 Å². The average molecular weight is 526 g/mol. The van der Waals surface area contributed by atoms with Crippen LogP contribution >= 0.6 is 0 Å². The molecule has 2 aliphatic rings. The first kappa shape index (κ1) is 25.3. The number of carbonyl (C=O) groups is 2. The number of nitrogens with one attached hydrogen (secondary N) is 1. The zero-order valence-corrected chi connectivity index (χ0v) is 22.1. The first-order valence-electron chi connectivity index (χ1n) is 13.3. The van der Waals surface area contributed by atoms with Gasteiger partial charge >= 0.3 is 0 Å². The first-order valence-corrected chi connectivity index (χ1v) is 13.3. The minimum absolute atomic E-state index is 0.233. The van der Waals surface area contributed by atoms with Crippen molar-refractivity contribution in [1.82, 2.24) is 25.4 Å². The molecule has 4 aromatic rings. The maximum Gasteiger partial charge on any atom is 0.247 e. The van der Waals surface area contributed by atoms with Crippen molar-refractivity contribution in [1.29, 1.82) is 0 Å². The Balaban J connectivity index is 1.20. The van der Waals surface area contributed by atoms with Gasteiger partial charge in [0.2, 0.25) is 24.1 Å². The fourth-order valence-electron chi connectivity index (χ4n) is 6.01. The number of hydrogen-bond acceptors (Lipinski definition) is 8. The molecule has 9 heteroatoms. The summed E-state index contributed by atoms with van der Waals surface area (Å²) >= 11 is 0. The lowest BCUT2D eigenvalue weighted by molar-refractivity contribution is -0.134. The van der Waals surface area contributed by atoms with Gasteiger partial charge in [0.05, 0.1) is 17.0 Å². The number of fused-ring (bicyclic) bond motifs is 1. The summed E-state index contributed by atoms with van der Waals surface area (Å²) in [5.41, 5.74) is 3.06. The van der Waals surface area contributed by atoms with Crippen LogP contribution in [0.25, 0.3) is 22.4 Å². The van der Waals surface area contributed by atoms with Crippen LogP contribution in [0, 0.1) is 5.41 Å². The molecule has 2 N–H and O–H groups in total. The molecule has 2 fully saturated rings. The van der Waals surface area contributed by atoms with Crippen LogP contribution in [0.1, 0.15) is 55.7 Å². The summed E-state index contributed by atoms with van der Waals surface area (Å²) in [6, 6.07) is 16.0. The molecular formula is C30H31N5O4. The minimum Gasteiger partial charge on any atom is -0.423 e. The number of aliphatic hydroxyl groups is 1. The van der Waals surface area contributed by atoms with Gasteiger partial charge in [-0.1, -0.05) is 32.0 Å². The lowest BCUT2D eigenvalue weighted by Crippen LogP contribution is -2.55. The van der Waals surface area contributed by atoms with Gasteiger partial charge in [-0.25, -0.2) is 0 Å². The number of hydrogen-bond donors (Lipinski definition) is 2. The first-order chi connectivity index (χ1) is 18.7. The van der Waals surface area contributed by atoms with E-state index >= 15 is 0 Å². The van der Waals surface area contributed by atoms with E-state index in [1.807, 2.05) is 36.4 Å². The van der Waals surface area contributed by atoms with Gasteiger partial charge in [0.25, 0.3) is 0 Å². The van der Waals surface area contributed by atoms with E-state index in [9.17, 15) is 14.7 Å². The molecule has 2 atom stereocenters. The molecule has 2 aliphatic heterocycles. The average Bonchev–Trinajstić information content (AvgIpc) is 3.46. The fourth-order valence-corrected chi connectivity index (χ4v) is 6.01. The third-order valence-electron chi connectivity index (χ3n) is 8.32. The second kappa shape index (κ2) is 9.66. The third kappa shape index (κ3) is 4.72. The van der Waals surface area contributed by atoms with Crippen molar-refractivity contribution in [3.05, 3.63) is 77.8 Å². The standard InChI is InChI=1S/C30H31N5O4/c1-29(2)17-35(16-19-3-5-20(6-4-19)28-34-32-18-39-28)12-11-30(29,38)23-7-9-25-21(14-23)13-22(15-31-25)24-8-10-26(36)33-27(24)37/h3-7,9,13-15,18,24,38H,8,10-12,16-17H2,1-2H3,(H,33,36,37). The normalized spacial score (nSPS) is 23.6. The monoisotopic (exact) mass is 525 g/mol. The quantitative estimate of drug-likeness (QED) is 0.376. The second-order valence-electron chi connectivity index (χ2n) is 11.3. The molecular weight excluding hydrogens is 494 g/mol. The largest absolute Gasteiger partial charge is 0.423 e. The number of likely N-dealkylation sites (tertiary alicyclic amines) is 1. The summed E-state index contributed by atoms with van der Waals surface area (Å²) < 4.78 is 5.28. The summed E-state index contributed by atoms with van der Waals surface area (Å²) in [7, 11) is 0. The van der Waals surface area contributed by atoms with Crippen LogP contribution in [0.15, 0.2) is 65.5 Å². The van der Waals surface area contributed by atoms with Crippen molar-refractivity contribution in [3.63, 3.8) is 0 Å². The zero-order chi connectivity index (χ0) is 27.2. The highest BCUT2D eigenvalue weighted by atomic mass is 16.4. The van der Waals surface area contributed by atoms with Crippen molar-refractivity contribution < 1.29 is 19.1 Å². The van der Waals surface area contributed by atoms with Gasteiger partial charge in [-0.3, -0.25) is 24.8 Å². The van der Waals surface area contributed by atoms with Gasteiger partial charge in [-0.15, -0.1) is 10.2 Å². The van der Waals surface area contributed by atoms with Gasteiger partial charge < -0.3 is 9.52 Å². The van der Waals surface area contributed by atoms with Crippen molar-refractivity contribution >= 4 is 22.7 Å². The van der Waals surface area contributed by atoms with Crippen molar-refractivity contribution in [2.75, 3.05) is 13.1 Å². The molecule has 0 spiro atoms. The molecule has 0 saturated carbocycles. The lowest BCUT2D eigenvalue weighted by atomic mass is 9.66. The van der Waals surface area contributed by atoms with Gasteiger partial charge in [0.1, 0.15) is 0 Å². The van der Waals surface area contributed by atoms with Crippen LogP contribution in [0.4, 0.5) is 0 Å². The van der Waals surface area contributed by atoms with Crippen LogP contribution < -0.4 is 5.32 Å². The number of amides is 2. The van der Waals surface area contributed by atoms with Crippen LogP contribution in [-0.2, 0) is 21.7 Å². The Kier molecular flexibility index (Phi) is 6.28. The molecule has 0 bridgehead atoms. The maximum atomic E-state index is 12.4. The number of pyridine rings is 1. The molecule has 2 amide bonds. The highest BCUT2D eigenvalue weighted by Gasteiger charge is 2.48. The topological polar surface area (TPSA) is 121 Å². The van der Waals surface area contributed by atoms with Gasteiger partial charge in [-0.2, -0.15) is 0 Å². The molecule has 9 nitrogen and oxygen atoms in total. The number of nitrogens with zero attached hydrogens (tertiary/aromatic N) is 4. The molecule has 2 aromatic carbocycles. The second-order valence-corrected chi connectivity index (χ2v) is 11.3. The predicted molar refractivity (Wildman–Crippen MR) is 144 cm³/mol. The maximum absolute atomic E-state index is 12.4.